The third-order valence-corrected chi connectivity index (χ3v) is 3.46. The van der Waals surface area contributed by atoms with Crippen molar-refractivity contribution in [1.82, 2.24) is 5.01 Å². The van der Waals surface area contributed by atoms with Crippen LogP contribution in [0.5, 0.6) is 0 Å². The topological polar surface area (TPSA) is 79.6 Å². The number of hydrazine groups is 1. The van der Waals surface area contributed by atoms with Crippen molar-refractivity contribution in [2.45, 2.75) is 12.8 Å². The highest BCUT2D eigenvalue weighted by atomic mass is 16.5. The van der Waals surface area contributed by atoms with Crippen LogP contribution in [0.25, 0.3) is 0 Å². The summed E-state index contributed by atoms with van der Waals surface area (Å²) in [6.45, 7) is 3.08. The van der Waals surface area contributed by atoms with E-state index in [9.17, 15) is 4.79 Å². The molecular weight excluding hydrogens is 244 g/mol. The summed E-state index contributed by atoms with van der Waals surface area (Å²) in [7, 11) is 0. The molecule has 102 valence electrons. The maximum Gasteiger partial charge on any atom is 0.224 e. The smallest absolute Gasteiger partial charge is 0.224 e. The lowest BCUT2D eigenvalue weighted by Gasteiger charge is -2.29. The van der Waals surface area contributed by atoms with Gasteiger partial charge in [-0.15, -0.1) is 0 Å². The van der Waals surface area contributed by atoms with E-state index >= 15 is 0 Å². The summed E-state index contributed by atoms with van der Waals surface area (Å²) in [5.41, 5.74) is 12.9. The zero-order chi connectivity index (χ0) is 13.2. The monoisotopic (exact) mass is 262 g/mol. The third-order valence-electron chi connectivity index (χ3n) is 3.46. The van der Waals surface area contributed by atoms with Gasteiger partial charge in [0.2, 0.25) is 5.91 Å². The Kier molecular flexibility index (Phi) is 3.27. The molecule has 6 heteroatoms. The van der Waals surface area contributed by atoms with Crippen molar-refractivity contribution >= 4 is 23.0 Å². The molecule has 1 aromatic rings. The minimum absolute atomic E-state index is 0.0644. The normalized spacial score (nSPS) is 19.7. The van der Waals surface area contributed by atoms with Crippen LogP contribution in [0.15, 0.2) is 12.1 Å². The molecule has 0 radical (unpaired) electrons. The van der Waals surface area contributed by atoms with Crippen molar-refractivity contribution in [2.75, 3.05) is 42.8 Å². The van der Waals surface area contributed by atoms with Gasteiger partial charge in [-0.3, -0.25) is 4.79 Å². The van der Waals surface area contributed by atoms with Gasteiger partial charge in [-0.1, -0.05) is 0 Å². The Morgan fingerprint density at radius 3 is 2.84 bits per heavy atom. The molecule has 0 spiro atoms. The number of hydrogen-bond acceptors (Lipinski definition) is 5. The van der Waals surface area contributed by atoms with Crippen LogP contribution >= 0.6 is 0 Å². The Hall–Kier alpha value is -1.79. The van der Waals surface area contributed by atoms with Gasteiger partial charge in [0.1, 0.15) is 0 Å². The molecule has 0 bridgehead atoms. The van der Waals surface area contributed by atoms with Crippen LogP contribution in [0.3, 0.4) is 0 Å². The number of carbonyl (C=O) groups excluding carboxylic acids is 1. The van der Waals surface area contributed by atoms with Crippen LogP contribution < -0.4 is 16.5 Å². The van der Waals surface area contributed by atoms with Gasteiger partial charge >= 0.3 is 0 Å². The SMILES string of the molecule is Nc1cc2c(cc1NN1CCOCC1)NC(=O)CC2. The molecular formula is C13H18N4O2. The van der Waals surface area contributed by atoms with Gasteiger partial charge in [0.05, 0.1) is 24.6 Å². The van der Waals surface area contributed by atoms with Gasteiger partial charge in [0, 0.05) is 25.2 Å². The number of nitrogens with one attached hydrogen (secondary N) is 2. The van der Waals surface area contributed by atoms with Gasteiger partial charge in [-0.25, -0.2) is 5.01 Å². The Bertz CT molecular complexity index is 498. The molecule has 1 saturated heterocycles. The van der Waals surface area contributed by atoms with Crippen molar-refractivity contribution in [3.05, 3.63) is 17.7 Å². The van der Waals surface area contributed by atoms with Crippen LogP contribution in [0.2, 0.25) is 0 Å². The van der Waals surface area contributed by atoms with E-state index < -0.39 is 0 Å². The average molecular weight is 262 g/mol. The number of benzene rings is 1. The number of anilines is 3. The highest BCUT2D eigenvalue weighted by molar-refractivity contribution is 5.95. The summed E-state index contributed by atoms with van der Waals surface area (Å²) < 4.78 is 5.30. The van der Waals surface area contributed by atoms with E-state index in [1.165, 1.54) is 0 Å². The highest BCUT2D eigenvalue weighted by Crippen LogP contribution is 2.31. The molecule has 0 atom stereocenters. The minimum Gasteiger partial charge on any atom is -0.397 e. The molecule has 4 N–H and O–H groups in total. The quantitative estimate of drug-likeness (QED) is 0.687. The van der Waals surface area contributed by atoms with Crippen molar-refractivity contribution in [1.29, 1.82) is 0 Å². The number of fused-ring (bicyclic) bond motifs is 1. The van der Waals surface area contributed by atoms with E-state index in [1.54, 1.807) is 0 Å². The maximum atomic E-state index is 11.4. The third kappa shape index (κ3) is 2.64. The molecule has 2 aliphatic heterocycles. The molecule has 0 aliphatic carbocycles. The van der Waals surface area contributed by atoms with E-state index in [1.807, 2.05) is 12.1 Å². The zero-order valence-electron chi connectivity index (χ0n) is 10.7. The van der Waals surface area contributed by atoms with Gasteiger partial charge in [-0.2, -0.15) is 0 Å². The first-order valence-electron chi connectivity index (χ1n) is 6.54. The first-order chi connectivity index (χ1) is 9.22. The zero-order valence-corrected chi connectivity index (χ0v) is 10.7. The minimum atomic E-state index is 0.0644. The van der Waals surface area contributed by atoms with E-state index in [2.05, 4.69) is 15.8 Å². The Morgan fingerprint density at radius 1 is 1.26 bits per heavy atom. The molecule has 2 heterocycles. The van der Waals surface area contributed by atoms with E-state index in [0.717, 1.165) is 36.4 Å². The van der Waals surface area contributed by atoms with Crippen LogP contribution in [0, 0.1) is 0 Å². The molecule has 1 aromatic carbocycles. The number of aryl methyl sites for hydroxylation is 1. The summed E-state index contributed by atoms with van der Waals surface area (Å²) in [5.74, 6) is 0.0644. The van der Waals surface area contributed by atoms with Gasteiger partial charge < -0.3 is 21.2 Å². The number of morpholine rings is 1. The lowest BCUT2D eigenvalue weighted by Crippen LogP contribution is -2.40. The second-order valence-electron chi connectivity index (χ2n) is 4.86. The number of nitrogens with two attached hydrogens (primary N) is 1. The average Bonchev–Trinajstić information content (AvgIpc) is 2.41. The van der Waals surface area contributed by atoms with Gasteiger partial charge in [0.25, 0.3) is 0 Å². The Balaban J connectivity index is 1.80. The van der Waals surface area contributed by atoms with E-state index in [4.69, 9.17) is 10.5 Å². The molecule has 0 saturated carbocycles. The number of hydrogen-bond donors (Lipinski definition) is 3. The van der Waals surface area contributed by atoms with Crippen molar-refractivity contribution < 1.29 is 9.53 Å². The molecule has 19 heavy (non-hydrogen) atoms. The van der Waals surface area contributed by atoms with Crippen molar-refractivity contribution in [3.63, 3.8) is 0 Å². The number of ether oxygens (including phenoxy) is 1. The molecule has 2 aliphatic rings. The molecule has 1 fully saturated rings. The lowest BCUT2D eigenvalue weighted by atomic mass is 10.0. The summed E-state index contributed by atoms with van der Waals surface area (Å²) in [6.07, 6.45) is 1.28. The number of carbonyl (C=O) groups is 1. The summed E-state index contributed by atoms with van der Waals surface area (Å²) >= 11 is 0. The molecule has 0 unspecified atom stereocenters. The van der Waals surface area contributed by atoms with Gasteiger partial charge in [0.15, 0.2) is 0 Å². The van der Waals surface area contributed by atoms with Crippen LogP contribution in [-0.2, 0) is 16.0 Å². The lowest BCUT2D eigenvalue weighted by molar-refractivity contribution is -0.116. The van der Waals surface area contributed by atoms with Gasteiger partial charge in [-0.05, 0) is 24.1 Å². The molecule has 1 amide bonds. The van der Waals surface area contributed by atoms with Crippen molar-refractivity contribution in [3.8, 4) is 0 Å². The van der Waals surface area contributed by atoms with E-state index in [0.29, 0.717) is 25.3 Å². The second kappa shape index (κ2) is 5.07. The molecule has 6 nitrogen and oxygen atoms in total. The Labute approximate surface area is 111 Å². The summed E-state index contributed by atoms with van der Waals surface area (Å²) in [4.78, 5) is 11.4. The summed E-state index contributed by atoms with van der Waals surface area (Å²) in [5, 5.41) is 4.96. The number of nitrogens with zero attached hydrogens (tertiary/aromatic N) is 1. The van der Waals surface area contributed by atoms with Crippen LogP contribution in [-0.4, -0.2) is 37.2 Å². The largest absolute Gasteiger partial charge is 0.397 e. The standard InChI is InChI=1S/C13H18N4O2/c14-10-7-9-1-2-13(18)15-11(9)8-12(10)16-17-3-5-19-6-4-17/h7-8,16H,1-6,14H2,(H,15,18). The number of nitrogen functional groups attached to an aromatic ring is 1. The highest BCUT2D eigenvalue weighted by Gasteiger charge is 2.18. The van der Waals surface area contributed by atoms with Crippen LogP contribution in [0.4, 0.5) is 17.1 Å². The molecule has 0 aromatic heterocycles. The Morgan fingerprint density at radius 2 is 2.05 bits per heavy atom. The molecule has 3 rings (SSSR count). The second-order valence-corrected chi connectivity index (χ2v) is 4.86. The predicted octanol–water partition coefficient (Wildman–Crippen LogP) is 0.813. The van der Waals surface area contributed by atoms with Crippen molar-refractivity contribution in [2.24, 2.45) is 0 Å². The number of amides is 1. The first-order valence-corrected chi connectivity index (χ1v) is 6.54. The first kappa shape index (κ1) is 12.3. The predicted molar refractivity (Wildman–Crippen MR) is 73.8 cm³/mol. The van der Waals surface area contributed by atoms with E-state index in [-0.39, 0.29) is 5.91 Å². The fourth-order valence-corrected chi connectivity index (χ4v) is 2.39. The fourth-order valence-electron chi connectivity index (χ4n) is 2.39. The summed E-state index contributed by atoms with van der Waals surface area (Å²) in [6, 6.07) is 3.86. The fraction of sp³-hybridized carbons (Fsp3) is 0.462. The van der Waals surface area contributed by atoms with Crippen LogP contribution in [0.1, 0.15) is 12.0 Å². The maximum absolute atomic E-state index is 11.4. The number of rotatable bonds is 2.